The number of para-hydroxylation sites is 10. The molecule has 20 heteroatoms. The number of nitrogens with zero attached hydrogens (tertiary/aromatic N) is 16. The van der Waals surface area contributed by atoms with Crippen LogP contribution in [0.4, 0.5) is 62.6 Å². The fourth-order valence-corrected chi connectivity index (χ4v) is 14.9. The fraction of sp³-hybridized carbons (Fsp3) is 0.0609. The van der Waals surface area contributed by atoms with Crippen molar-refractivity contribution in [3.8, 4) is 61.6 Å². The third kappa shape index (κ3) is 26.5. The van der Waals surface area contributed by atoms with Gasteiger partial charge in [-0.05, 0) is 146 Å². The van der Waals surface area contributed by atoms with Crippen molar-refractivity contribution in [1.82, 2.24) is 39.1 Å². The van der Waals surface area contributed by atoms with E-state index >= 15 is 0 Å². The molecule has 0 amide bonds. The van der Waals surface area contributed by atoms with Gasteiger partial charge in [0, 0.05) is 84.7 Å². The maximum atomic E-state index is 4.37. The number of aromatic nitrogens is 6. The van der Waals surface area contributed by atoms with Crippen LogP contribution in [0.1, 0.15) is 11.4 Å². The Hall–Kier alpha value is -14.0. The van der Waals surface area contributed by atoms with Crippen LogP contribution in [0.2, 0.25) is 0 Å². The quantitative estimate of drug-likeness (QED) is 0.109. The Balaban J connectivity index is 0.000000140. The van der Waals surface area contributed by atoms with Gasteiger partial charge in [-0.15, -0.1) is 93.2 Å². The van der Waals surface area contributed by atoms with E-state index in [4.69, 9.17) is 0 Å². The maximum Gasteiger partial charge on any atom is 3.00 e. The SMILES string of the molecule is CN1C=CN(c2[c-]cc(-c3ccccc3)cc2)[CH-]1.CN1C=CN(c2[c-]cc(-c3ccccc3)cc2)[CH-]1.CN1[CH-]N(c2[c-]cc(-c3ccccc3)cc2)c2ccccc21.CN1[CH-]N(c2[c-]cc(-c3ccccc3)cc2)c2ccccc21.CN1[CH-]N(c2[c-]cccc2)c2ccccc21.Cc1cc(C)n(-c2[c-]cccc2)n1.[Ir+3].[Ir+3].[Ir+3].[Ir].[c-]1ccccc1-n1cccn1.[c-]1ccccc1-n1cccn1. The van der Waals surface area contributed by atoms with Crippen molar-refractivity contribution in [2.75, 3.05) is 74.4 Å². The second-order valence-electron chi connectivity index (χ2n) is 30.8. The minimum absolute atomic E-state index is 0. The minimum Gasteiger partial charge on any atom is -0.510 e. The smallest absolute Gasteiger partial charge is 0.510 e. The first-order valence-corrected chi connectivity index (χ1v) is 43.0. The molecule has 0 saturated carbocycles. The van der Waals surface area contributed by atoms with Gasteiger partial charge in [0.2, 0.25) is 0 Å². The van der Waals surface area contributed by atoms with Gasteiger partial charge in [0.25, 0.3) is 0 Å². The van der Waals surface area contributed by atoms with Crippen molar-refractivity contribution in [3.05, 3.63) is 525 Å². The van der Waals surface area contributed by atoms with Gasteiger partial charge >= 0.3 is 60.3 Å². The molecular weight excluding hydrogens is 2370 g/mol. The average Bonchev–Trinajstić information content (AvgIpc) is 1.64. The van der Waals surface area contributed by atoms with Gasteiger partial charge in [-0.2, -0.15) is 225 Å². The molecule has 5 aliphatic rings. The number of anilines is 11. The molecule has 0 aliphatic carbocycles. The molecule has 8 heterocycles. The summed E-state index contributed by atoms with van der Waals surface area (Å²) in [5.41, 5.74) is 27.2. The van der Waals surface area contributed by atoms with Crippen molar-refractivity contribution in [3.63, 3.8) is 0 Å². The summed E-state index contributed by atoms with van der Waals surface area (Å²) in [6.45, 7) is 14.4. The topological polar surface area (TPSA) is 85.9 Å². The van der Waals surface area contributed by atoms with Crippen LogP contribution in [0, 0.1) is 95.7 Å². The van der Waals surface area contributed by atoms with Gasteiger partial charge in [-0.1, -0.05) is 180 Å². The maximum absolute atomic E-state index is 4.37. The van der Waals surface area contributed by atoms with Gasteiger partial charge in [0.05, 0.1) is 5.69 Å². The van der Waals surface area contributed by atoms with E-state index in [9.17, 15) is 0 Å². The van der Waals surface area contributed by atoms with Gasteiger partial charge in [-0.25, -0.2) is 0 Å². The Morgan fingerprint density at radius 1 is 0.252 bits per heavy atom. The molecule has 16 nitrogen and oxygen atoms in total. The van der Waals surface area contributed by atoms with E-state index in [0.717, 1.165) is 56.9 Å². The minimum atomic E-state index is 0. The fourth-order valence-electron chi connectivity index (χ4n) is 14.9. The molecule has 0 bridgehead atoms. The molecule has 23 rings (SSSR count). The molecule has 0 saturated heterocycles. The summed E-state index contributed by atoms with van der Waals surface area (Å²) in [7, 11) is 10.2. The zero-order chi connectivity index (χ0) is 89.9. The van der Waals surface area contributed by atoms with Crippen molar-refractivity contribution in [2.24, 2.45) is 0 Å². The first-order chi connectivity index (χ1) is 64.4. The zero-order valence-corrected chi connectivity index (χ0v) is 84.9. The molecule has 0 fully saturated rings. The first-order valence-electron chi connectivity index (χ1n) is 43.0. The molecule has 0 N–H and O–H groups in total. The summed E-state index contributed by atoms with van der Waals surface area (Å²) < 4.78 is 5.45. The van der Waals surface area contributed by atoms with Crippen LogP contribution < -0.4 is 39.2 Å². The Kier molecular flexibility index (Phi) is 37.2. The van der Waals surface area contributed by atoms with E-state index in [1.165, 1.54) is 78.6 Å². The summed E-state index contributed by atoms with van der Waals surface area (Å²) in [6, 6.07) is 155. The Morgan fingerprint density at radius 2 is 0.533 bits per heavy atom. The predicted octanol–water partition coefficient (Wildman–Crippen LogP) is 25.5. The van der Waals surface area contributed by atoms with Crippen molar-refractivity contribution >= 4 is 62.6 Å². The first kappa shape index (κ1) is 100. The Labute approximate surface area is 849 Å². The predicted molar refractivity (Wildman–Crippen MR) is 536 cm³/mol. The van der Waals surface area contributed by atoms with Gasteiger partial charge in [0.1, 0.15) is 0 Å². The number of aryl methyl sites for hydroxylation is 2. The normalized spacial score (nSPS) is 12.4. The molecular formula is C115H97Ir4N16-4. The number of benzene rings is 15. The van der Waals surface area contributed by atoms with E-state index in [0.29, 0.717) is 0 Å². The molecule has 18 aromatic rings. The third-order valence-electron chi connectivity index (χ3n) is 21.4. The van der Waals surface area contributed by atoms with Crippen molar-refractivity contribution < 1.29 is 80.4 Å². The van der Waals surface area contributed by atoms with Crippen LogP contribution >= 0.6 is 0 Å². The second-order valence-corrected chi connectivity index (χ2v) is 30.8. The van der Waals surface area contributed by atoms with Crippen LogP contribution in [0.3, 0.4) is 0 Å². The van der Waals surface area contributed by atoms with Crippen LogP contribution in [0.5, 0.6) is 0 Å². The van der Waals surface area contributed by atoms with Crippen molar-refractivity contribution in [1.29, 1.82) is 0 Å². The largest absolute Gasteiger partial charge is 3.00 e. The molecule has 0 atom stereocenters. The van der Waals surface area contributed by atoms with E-state index in [1.807, 2.05) is 232 Å². The van der Waals surface area contributed by atoms with Gasteiger partial charge < -0.3 is 49.0 Å². The third-order valence-corrected chi connectivity index (χ3v) is 21.4. The molecule has 5 aliphatic heterocycles. The van der Waals surface area contributed by atoms with E-state index in [1.54, 1.807) is 21.8 Å². The van der Waals surface area contributed by atoms with Crippen LogP contribution in [-0.4, -0.2) is 74.4 Å². The molecule has 0 unspecified atom stereocenters. The van der Waals surface area contributed by atoms with E-state index < -0.39 is 0 Å². The summed E-state index contributed by atoms with van der Waals surface area (Å²) in [6.07, 6.45) is 15.4. The summed E-state index contributed by atoms with van der Waals surface area (Å²) in [5, 5.41) is 12.5. The van der Waals surface area contributed by atoms with Crippen LogP contribution in [0.25, 0.3) is 61.6 Å². The molecule has 1 radical (unpaired) electrons. The van der Waals surface area contributed by atoms with Crippen LogP contribution in [0.15, 0.2) is 432 Å². The van der Waals surface area contributed by atoms with Gasteiger partial charge in [-0.3, -0.25) is 14.0 Å². The standard InChI is InChI=1S/2C20H16N2.2C16H14N2.C14H12N2.C11H11N2.2C9H7N2.4Ir/c2*1-21-15-22(20-10-6-5-9-19(20)21)18-13-11-17(12-14-18)16-7-3-2-4-8-16;2*1-17-11-12-18(13-17)16-9-7-15(8-10-16)14-5-3-2-4-6-14;1-15-11-16(12-7-3-2-4-8-12)14-10-6-5-9-13(14)15;1-9-8-10(2)13(12-9)11-6-4-3-5-7-11;2*1-2-5-9(6-3-1)11-8-4-7-10-11;;;;/h2*2-13,15H,1H3;2*2-9,11-13H,1H3;2-7,9-11H,1H3;3-6,8H,1-2H3;2*1-5,7-8H;;;;/q5*-2;3*-1;;3*+3. The van der Waals surface area contributed by atoms with E-state index in [2.05, 4.69) is 387 Å². The molecule has 15 aromatic carbocycles. The second kappa shape index (κ2) is 50.2. The molecule has 677 valence electrons. The summed E-state index contributed by atoms with van der Waals surface area (Å²) in [4.78, 5) is 21.0. The van der Waals surface area contributed by atoms with E-state index in [-0.39, 0.29) is 80.4 Å². The monoisotopic (exact) mass is 2470 g/mol. The molecule has 3 aromatic heterocycles. The zero-order valence-electron chi connectivity index (χ0n) is 75.4. The van der Waals surface area contributed by atoms with Gasteiger partial charge in [0.15, 0.2) is 0 Å². The Morgan fingerprint density at radius 3 is 0.793 bits per heavy atom. The van der Waals surface area contributed by atoms with Crippen LogP contribution in [-0.2, 0) is 80.4 Å². The average molecular weight is 2470 g/mol. The van der Waals surface area contributed by atoms with Crippen molar-refractivity contribution in [2.45, 2.75) is 13.8 Å². The number of hydrogen-bond acceptors (Lipinski definition) is 13. The molecule has 135 heavy (non-hydrogen) atoms. The number of fused-ring (bicyclic) bond motifs is 3. The Bertz CT molecular complexity index is 6240. The summed E-state index contributed by atoms with van der Waals surface area (Å²) >= 11 is 0. The number of rotatable bonds is 12. The molecule has 0 spiro atoms. The summed E-state index contributed by atoms with van der Waals surface area (Å²) in [5.74, 6) is 0. The number of hydrogen-bond donors (Lipinski definition) is 0.